The van der Waals surface area contributed by atoms with E-state index in [-0.39, 0.29) is 10.7 Å². The Labute approximate surface area is 120 Å². The first-order valence-electron chi connectivity index (χ1n) is 6.83. The molecule has 1 aliphatic rings. The molecular formula is C14H25NO3S. The van der Waals surface area contributed by atoms with Crippen molar-refractivity contribution in [2.24, 2.45) is 11.8 Å². The first kappa shape index (κ1) is 16.3. The summed E-state index contributed by atoms with van der Waals surface area (Å²) in [5, 5.41) is 12.2. The molecule has 5 heteroatoms. The predicted molar refractivity (Wildman–Crippen MR) is 78.4 cm³/mol. The lowest BCUT2D eigenvalue weighted by atomic mass is 9.78. The van der Waals surface area contributed by atoms with E-state index in [4.69, 9.17) is 0 Å². The molecule has 19 heavy (non-hydrogen) atoms. The van der Waals surface area contributed by atoms with Crippen LogP contribution >= 0.6 is 12.6 Å². The molecule has 0 bridgehead atoms. The minimum Gasteiger partial charge on any atom is -0.481 e. The third kappa shape index (κ3) is 3.88. The molecule has 0 heterocycles. The zero-order valence-corrected chi connectivity index (χ0v) is 13.1. The maximum Gasteiger partial charge on any atom is 0.307 e. The van der Waals surface area contributed by atoms with Crippen molar-refractivity contribution in [1.82, 2.24) is 5.32 Å². The van der Waals surface area contributed by atoms with Crippen LogP contribution in [0.25, 0.3) is 0 Å². The summed E-state index contributed by atoms with van der Waals surface area (Å²) in [4.78, 5) is 23.6. The van der Waals surface area contributed by atoms with Crippen LogP contribution in [0.2, 0.25) is 0 Å². The topological polar surface area (TPSA) is 66.4 Å². The summed E-state index contributed by atoms with van der Waals surface area (Å²) in [7, 11) is 0. The van der Waals surface area contributed by atoms with Gasteiger partial charge in [0.1, 0.15) is 0 Å². The van der Waals surface area contributed by atoms with Crippen molar-refractivity contribution in [2.75, 3.05) is 0 Å². The van der Waals surface area contributed by atoms with Crippen molar-refractivity contribution in [1.29, 1.82) is 0 Å². The van der Waals surface area contributed by atoms with Crippen molar-refractivity contribution in [3.63, 3.8) is 0 Å². The zero-order valence-electron chi connectivity index (χ0n) is 12.2. The van der Waals surface area contributed by atoms with Crippen molar-refractivity contribution >= 4 is 24.5 Å². The Bertz CT molecular complexity index is 360. The Morgan fingerprint density at radius 2 is 1.58 bits per heavy atom. The minimum atomic E-state index is -0.859. The number of carboxylic acids is 1. The van der Waals surface area contributed by atoms with Gasteiger partial charge in [0.25, 0.3) is 0 Å². The van der Waals surface area contributed by atoms with Crippen LogP contribution in [0.1, 0.15) is 53.4 Å². The number of amides is 1. The van der Waals surface area contributed by atoms with Crippen LogP contribution < -0.4 is 5.32 Å². The van der Waals surface area contributed by atoms with Gasteiger partial charge in [0.05, 0.1) is 11.8 Å². The molecule has 4 nitrogen and oxygen atoms in total. The lowest BCUT2D eigenvalue weighted by Crippen LogP contribution is -2.57. The van der Waals surface area contributed by atoms with Crippen LogP contribution in [0.5, 0.6) is 0 Å². The molecule has 1 rings (SSSR count). The predicted octanol–water partition coefficient (Wildman–Crippen LogP) is 2.48. The number of aliphatic carboxylic acids is 1. The van der Waals surface area contributed by atoms with E-state index in [1.807, 2.05) is 27.7 Å². The molecule has 1 amide bonds. The van der Waals surface area contributed by atoms with E-state index in [2.05, 4.69) is 17.9 Å². The zero-order chi connectivity index (χ0) is 14.8. The highest BCUT2D eigenvalue weighted by atomic mass is 32.1. The SMILES string of the molecule is CC(C)(S)C(C)(C)NC(=O)C1CCCCC1C(=O)O. The molecule has 2 unspecified atom stereocenters. The van der Waals surface area contributed by atoms with Crippen molar-refractivity contribution in [2.45, 2.75) is 63.7 Å². The van der Waals surface area contributed by atoms with Gasteiger partial charge in [-0.05, 0) is 40.5 Å². The van der Waals surface area contributed by atoms with Gasteiger partial charge in [0.15, 0.2) is 0 Å². The summed E-state index contributed by atoms with van der Waals surface area (Å²) in [6.45, 7) is 7.70. The quantitative estimate of drug-likeness (QED) is 0.696. The molecule has 0 aromatic rings. The molecule has 1 fully saturated rings. The van der Waals surface area contributed by atoms with Gasteiger partial charge in [0, 0.05) is 10.3 Å². The molecule has 110 valence electrons. The molecule has 0 aliphatic heterocycles. The number of carbonyl (C=O) groups is 2. The Kier molecular flexibility index (Phi) is 4.93. The van der Waals surface area contributed by atoms with Gasteiger partial charge in [-0.3, -0.25) is 9.59 Å². The largest absolute Gasteiger partial charge is 0.481 e. The van der Waals surface area contributed by atoms with Gasteiger partial charge in [-0.15, -0.1) is 0 Å². The van der Waals surface area contributed by atoms with Crippen LogP contribution in [0.15, 0.2) is 0 Å². The normalized spacial score (nSPS) is 24.9. The van der Waals surface area contributed by atoms with Crippen LogP contribution in [-0.2, 0) is 9.59 Å². The van der Waals surface area contributed by atoms with Crippen LogP contribution in [0, 0.1) is 11.8 Å². The highest BCUT2D eigenvalue weighted by Gasteiger charge is 2.40. The molecule has 0 spiro atoms. The van der Waals surface area contributed by atoms with Gasteiger partial charge in [-0.1, -0.05) is 12.8 Å². The summed E-state index contributed by atoms with van der Waals surface area (Å²) >= 11 is 4.51. The third-order valence-corrected chi connectivity index (χ3v) is 4.94. The molecular weight excluding hydrogens is 262 g/mol. The van der Waals surface area contributed by atoms with Crippen molar-refractivity contribution < 1.29 is 14.7 Å². The number of hydrogen-bond donors (Lipinski definition) is 3. The second kappa shape index (κ2) is 5.73. The first-order valence-corrected chi connectivity index (χ1v) is 7.28. The number of rotatable bonds is 4. The Balaban J connectivity index is 2.79. The number of carboxylic acid groups (broad SMARTS) is 1. The van der Waals surface area contributed by atoms with Gasteiger partial charge >= 0.3 is 5.97 Å². The molecule has 2 N–H and O–H groups in total. The fourth-order valence-corrected chi connectivity index (χ4v) is 2.35. The Hall–Kier alpha value is -0.710. The lowest BCUT2D eigenvalue weighted by molar-refractivity contribution is -0.149. The maximum absolute atomic E-state index is 12.4. The summed E-state index contributed by atoms with van der Waals surface area (Å²) in [6.07, 6.45) is 3.07. The van der Waals surface area contributed by atoms with Crippen molar-refractivity contribution in [3.05, 3.63) is 0 Å². The van der Waals surface area contributed by atoms with E-state index in [1.165, 1.54) is 0 Å². The van der Waals surface area contributed by atoms with Gasteiger partial charge in [-0.2, -0.15) is 12.6 Å². The molecule has 1 saturated carbocycles. The smallest absolute Gasteiger partial charge is 0.307 e. The van der Waals surface area contributed by atoms with Crippen LogP contribution in [-0.4, -0.2) is 27.3 Å². The fourth-order valence-electron chi connectivity index (χ4n) is 2.29. The summed E-state index contributed by atoms with van der Waals surface area (Å²) < 4.78 is -0.379. The average Bonchev–Trinajstić information content (AvgIpc) is 2.26. The second-order valence-corrected chi connectivity index (χ2v) is 7.63. The Morgan fingerprint density at radius 3 is 2.00 bits per heavy atom. The van der Waals surface area contributed by atoms with Gasteiger partial charge < -0.3 is 10.4 Å². The molecule has 0 aromatic heterocycles. The number of thiol groups is 1. The molecule has 0 saturated heterocycles. The van der Waals surface area contributed by atoms with Gasteiger partial charge in [0.2, 0.25) is 5.91 Å². The summed E-state index contributed by atoms with van der Waals surface area (Å²) in [5.74, 6) is -1.98. The standard InChI is InChI=1S/C14H25NO3S/c1-13(2,14(3,4)19)15-11(16)9-7-5-6-8-10(9)12(17)18/h9-10,19H,5-8H2,1-4H3,(H,15,16)(H,17,18). The van der Waals surface area contributed by atoms with E-state index < -0.39 is 23.3 Å². The van der Waals surface area contributed by atoms with E-state index in [0.29, 0.717) is 12.8 Å². The van der Waals surface area contributed by atoms with Crippen LogP contribution in [0.3, 0.4) is 0 Å². The van der Waals surface area contributed by atoms with Gasteiger partial charge in [-0.25, -0.2) is 0 Å². The highest BCUT2D eigenvalue weighted by molar-refractivity contribution is 7.81. The monoisotopic (exact) mass is 287 g/mol. The maximum atomic E-state index is 12.4. The summed E-state index contributed by atoms with van der Waals surface area (Å²) in [6, 6.07) is 0. The first-order chi connectivity index (χ1) is 8.56. The third-order valence-electron chi connectivity index (χ3n) is 4.39. The lowest BCUT2D eigenvalue weighted by Gasteiger charge is -2.40. The highest BCUT2D eigenvalue weighted by Crippen LogP contribution is 2.33. The van der Waals surface area contributed by atoms with E-state index in [0.717, 1.165) is 12.8 Å². The van der Waals surface area contributed by atoms with Crippen LogP contribution in [0.4, 0.5) is 0 Å². The van der Waals surface area contributed by atoms with E-state index in [9.17, 15) is 14.7 Å². The van der Waals surface area contributed by atoms with E-state index >= 15 is 0 Å². The number of nitrogens with one attached hydrogen (secondary N) is 1. The fraction of sp³-hybridized carbons (Fsp3) is 0.857. The minimum absolute atomic E-state index is 0.153. The average molecular weight is 287 g/mol. The molecule has 1 aliphatic carbocycles. The molecule has 0 aromatic carbocycles. The number of carbonyl (C=O) groups excluding carboxylic acids is 1. The summed E-state index contributed by atoms with van der Waals surface area (Å²) in [5.41, 5.74) is -0.492. The number of hydrogen-bond acceptors (Lipinski definition) is 3. The molecule has 0 radical (unpaired) electrons. The second-order valence-electron chi connectivity index (χ2n) is 6.51. The molecule has 2 atom stereocenters. The van der Waals surface area contributed by atoms with Crippen molar-refractivity contribution in [3.8, 4) is 0 Å². The van der Waals surface area contributed by atoms with E-state index in [1.54, 1.807) is 0 Å². The Morgan fingerprint density at radius 1 is 1.11 bits per heavy atom.